The SMILES string of the molecule is CC(C)C1CN2CCCCC2CN1c1ccc(Cl)cc1Cl. The van der Waals surface area contributed by atoms with Crippen molar-refractivity contribution in [3.8, 4) is 0 Å². The van der Waals surface area contributed by atoms with Gasteiger partial charge in [0.25, 0.3) is 0 Å². The second kappa shape index (κ2) is 6.36. The van der Waals surface area contributed by atoms with Gasteiger partial charge in [-0.1, -0.05) is 43.5 Å². The van der Waals surface area contributed by atoms with Crippen molar-refractivity contribution in [1.29, 1.82) is 0 Å². The summed E-state index contributed by atoms with van der Waals surface area (Å²) in [5.41, 5.74) is 1.14. The van der Waals surface area contributed by atoms with E-state index in [-0.39, 0.29) is 0 Å². The molecule has 2 aliphatic heterocycles. The quantitative estimate of drug-likeness (QED) is 0.777. The highest BCUT2D eigenvalue weighted by Crippen LogP contribution is 2.35. The van der Waals surface area contributed by atoms with Gasteiger partial charge in [0, 0.05) is 30.2 Å². The number of hydrogen-bond donors (Lipinski definition) is 0. The Morgan fingerprint density at radius 3 is 2.67 bits per heavy atom. The van der Waals surface area contributed by atoms with Crippen LogP contribution in [0.5, 0.6) is 0 Å². The van der Waals surface area contributed by atoms with Gasteiger partial charge in [0.15, 0.2) is 0 Å². The third-order valence-corrected chi connectivity index (χ3v) is 5.50. The van der Waals surface area contributed by atoms with Crippen molar-refractivity contribution in [1.82, 2.24) is 4.90 Å². The Balaban J connectivity index is 1.90. The van der Waals surface area contributed by atoms with Gasteiger partial charge in [-0.25, -0.2) is 0 Å². The van der Waals surface area contributed by atoms with Gasteiger partial charge in [-0.15, -0.1) is 0 Å². The van der Waals surface area contributed by atoms with Crippen LogP contribution >= 0.6 is 23.2 Å². The van der Waals surface area contributed by atoms with Crippen LogP contribution in [0.4, 0.5) is 5.69 Å². The summed E-state index contributed by atoms with van der Waals surface area (Å²) in [7, 11) is 0. The second-order valence-corrected chi connectivity index (χ2v) is 7.55. The average molecular weight is 327 g/mol. The molecule has 2 saturated heterocycles. The van der Waals surface area contributed by atoms with Crippen LogP contribution in [0, 0.1) is 5.92 Å². The molecule has 2 aliphatic rings. The first kappa shape index (κ1) is 15.5. The minimum atomic E-state index is 0.526. The molecule has 0 saturated carbocycles. The van der Waals surface area contributed by atoms with E-state index in [0.717, 1.165) is 23.8 Å². The monoisotopic (exact) mass is 326 g/mol. The van der Waals surface area contributed by atoms with Gasteiger partial charge in [-0.05, 0) is 43.5 Å². The first-order valence-electron chi connectivity index (χ1n) is 8.02. The molecule has 116 valence electrons. The largest absolute Gasteiger partial charge is 0.364 e. The standard InChI is InChI=1S/C17H24Cl2N2/c1-12(2)17-11-20-8-4-3-5-14(20)10-21(17)16-7-6-13(18)9-15(16)19/h6-7,9,12,14,17H,3-5,8,10-11H2,1-2H3. The van der Waals surface area contributed by atoms with Crippen LogP contribution in [0.15, 0.2) is 18.2 Å². The van der Waals surface area contributed by atoms with Crippen LogP contribution in [0.2, 0.25) is 10.0 Å². The molecular formula is C17H24Cl2N2. The first-order valence-corrected chi connectivity index (χ1v) is 8.77. The van der Waals surface area contributed by atoms with E-state index in [1.54, 1.807) is 0 Å². The third-order valence-electron chi connectivity index (χ3n) is 4.97. The maximum Gasteiger partial charge on any atom is 0.0654 e. The molecule has 0 N–H and O–H groups in total. The predicted molar refractivity (Wildman–Crippen MR) is 91.6 cm³/mol. The maximum atomic E-state index is 6.47. The molecule has 0 aliphatic carbocycles. The number of piperazine rings is 1. The second-order valence-electron chi connectivity index (χ2n) is 6.70. The normalized spacial score (nSPS) is 27.0. The smallest absolute Gasteiger partial charge is 0.0654 e. The Kier molecular flexibility index (Phi) is 4.68. The van der Waals surface area contributed by atoms with Crippen molar-refractivity contribution >= 4 is 28.9 Å². The molecule has 4 heteroatoms. The number of benzene rings is 1. The predicted octanol–water partition coefficient (Wildman–Crippen LogP) is 4.69. The minimum absolute atomic E-state index is 0.526. The molecule has 1 aromatic carbocycles. The van der Waals surface area contributed by atoms with Crippen LogP contribution in [0.3, 0.4) is 0 Å². The third kappa shape index (κ3) is 3.18. The number of halogens is 2. The lowest BCUT2D eigenvalue weighted by atomic mass is 9.91. The molecule has 0 radical (unpaired) electrons. The summed E-state index contributed by atoms with van der Waals surface area (Å²) < 4.78 is 0. The molecule has 2 atom stereocenters. The summed E-state index contributed by atoms with van der Waals surface area (Å²) in [5, 5.41) is 1.48. The van der Waals surface area contributed by atoms with Gasteiger partial charge in [-0.3, -0.25) is 4.90 Å². The lowest BCUT2D eigenvalue weighted by Gasteiger charge is -2.51. The lowest BCUT2D eigenvalue weighted by Crippen LogP contribution is -2.61. The number of fused-ring (bicyclic) bond motifs is 1. The molecule has 2 heterocycles. The van der Waals surface area contributed by atoms with Crippen molar-refractivity contribution in [3.63, 3.8) is 0 Å². The van der Waals surface area contributed by atoms with Crippen LogP contribution in [-0.2, 0) is 0 Å². The fourth-order valence-electron chi connectivity index (χ4n) is 3.77. The highest BCUT2D eigenvalue weighted by Gasteiger charge is 2.36. The molecule has 0 spiro atoms. The summed E-state index contributed by atoms with van der Waals surface area (Å²) in [6, 6.07) is 7.10. The number of nitrogens with zero attached hydrogens (tertiary/aromatic N) is 2. The molecule has 0 bridgehead atoms. The van der Waals surface area contributed by atoms with Gasteiger partial charge >= 0.3 is 0 Å². The Bertz CT molecular complexity index is 504. The molecule has 2 unspecified atom stereocenters. The van der Waals surface area contributed by atoms with Crippen LogP contribution < -0.4 is 4.90 Å². The summed E-state index contributed by atoms with van der Waals surface area (Å²) in [5.74, 6) is 0.611. The summed E-state index contributed by atoms with van der Waals surface area (Å²) >= 11 is 12.5. The van der Waals surface area contributed by atoms with Crippen molar-refractivity contribution in [2.45, 2.75) is 45.2 Å². The van der Waals surface area contributed by atoms with Crippen LogP contribution in [0.25, 0.3) is 0 Å². The Morgan fingerprint density at radius 2 is 1.95 bits per heavy atom. The molecule has 21 heavy (non-hydrogen) atoms. The molecule has 2 nitrogen and oxygen atoms in total. The van der Waals surface area contributed by atoms with Crippen molar-refractivity contribution < 1.29 is 0 Å². The van der Waals surface area contributed by atoms with E-state index < -0.39 is 0 Å². The number of rotatable bonds is 2. The van der Waals surface area contributed by atoms with E-state index in [2.05, 4.69) is 29.7 Å². The molecule has 1 aromatic rings. The molecule has 0 aromatic heterocycles. The fraction of sp³-hybridized carbons (Fsp3) is 0.647. The molecule has 3 rings (SSSR count). The van der Waals surface area contributed by atoms with Crippen LogP contribution in [-0.4, -0.2) is 36.6 Å². The highest BCUT2D eigenvalue weighted by molar-refractivity contribution is 6.36. The highest BCUT2D eigenvalue weighted by atomic mass is 35.5. The van der Waals surface area contributed by atoms with Gasteiger partial charge in [0.05, 0.1) is 10.7 Å². The van der Waals surface area contributed by atoms with Gasteiger partial charge in [0.2, 0.25) is 0 Å². The van der Waals surface area contributed by atoms with Gasteiger partial charge in [-0.2, -0.15) is 0 Å². The van der Waals surface area contributed by atoms with E-state index in [1.165, 1.54) is 25.8 Å². The number of anilines is 1. The molecule has 0 amide bonds. The Hall–Kier alpha value is -0.440. The first-order chi connectivity index (χ1) is 10.1. The van der Waals surface area contributed by atoms with Gasteiger partial charge in [0.1, 0.15) is 0 Å². The fourth-order valence-corrected chi connectivity index (χ4v) is 4.29. The zero-order chi connectivity index (χ0) is 15.0. The lowest BCUT2D eigenvalue weighted by molar-refractivity contribution is 0.100. The molecular weight excluding hydrogens is 303 g/mol. The number of hydrogen-bond acceptors (Lipinski definition) is 2. The van der Waals surface area contributed by atoms with Gasteiger partial charge < -0.3 is 4.90 Å². The van der Waals surface area contributed by atoms with Crippen molar-refractivity contribution in [2.24, 2.45) is 5.92 Å². The topological polar surface area (TPSA) is 6.48 Å². The zero-order valence-corrected chi connectivity index (χ0v) is 14.4. The van der Waals surface area contributed by atoms with E-state index in [0.29, 0.717) is 23.0 Å². The summed E-state index contributed by atoms with van der Waals surface area (Å²) in [6.07, 6.45) is 4.02. The Labute approximate surface area is 138 Å². The van der Waals surface area contributed by atoms with E-state index in [1.807, 2.05) is 12.1 Å². The maximum absolute atomic E-state index is 6.47. The summed E-state index contributed by atoms with van der Waals surface area (Å²) in [6.45, 7) is 8.12. The van der Waals surface area contributed by atoms with Crippen molar-refractivity contribution in [3.05, 3.63) is 28.2 Å². The van der Waals surface area contributed by atoms with E-state index in [9.17, 15) is 0 Å². The summed E-state index contributed by atoms with van der Waals surface area (Å²) in [4.78, 5) is 5.21. The van der Waals surface area contributed by atoms with Crippen LogP contribution in [0.1, 0.15) is 33.1 Å². The van der Waals surface area contributed by atoms with E-state index in [4.69, 9.17) is 23.2 Å². The average Bonchev–Trinajstić information content (AvgIpc) is 2.46. The van der Waals surface area contributed by atoms with Crippen molar-refractivity contribution in [2.75, 3.05) is 24.5 Å². The number of piperidine rings is 1. The minimum Gasteiger partial charge on any atom is -0.364 e. The zero-order valence-electron chi connectivity index (χ0n) is 12.9. The Morgan fingerprint density at radius 1 is 1.14 bits per heavy atom. The molecule has 2 fully saturated rings. The van der Waals surface area contributed by atoms with E-state index >= 15 is 0 Å².